The maximum Gasteiger partial charge on any atom is 0.332 e. The number of hydrogen-bond acceptors (Lipinski definition) is 5. The van der Waals surface area contributed by atoms with Crippen LogP contribution in [0.2, 0.25) is 0 Å². The van der Waals surface area contributed by atoms with E-state index in [4.69, 9.17) is 9.47 Å². The molecule has 0 unspecified atom stereocenters. The average Bonchev–Trinajstić information content (AvgIpc) is 2.66. The van der Waals surface area contributed by atoms with E-state index < -0.39 is 0 Å². The molecule has 1 rings (SSSR count). The molecule has 5 heteroatoms. The lowest BCUT2D eigenvalue weighted by molar-refractivity contribution is -0.138. The third-order valence-corrected chi connectivity index (χ3v) is 2.14. The summed E-state index contributed by atoms with van der Waals surface area (Å²) in [7, 11) is 0. The first kappa shape index (κ1) is 13.3. The molecule has 0 atom stereocenters. The molecule has 0 saturated carbocycles. The zero-order valence-electron chi connectivity index (χ0n) is 10.1. The van der Waals surface area contributed by atoms with Crippen molar-refractivity contribution in [2.24, 2.45) is 0 Å². The third kappa shape index (κ3) is 4.72. The summed E-state index contributed by atoms with van der Waals surface area (Å²) >= 11 is 0. The van der Waals surface area contributed by atoms with E-state index in [0.717, 1.165) is 11.4 Å². The predicted molar refractivity (Wildman–Crippen MR) is 61.8 cm³/mol. The minimum absolute atomic E-state index is 0.355. The molecule has 17 heavy (non-hydrogen) atoms. The van der Waals surface area contributed by atoms with Crippen molar-refractivity contribution in [3.8, 4) is 0 Å². The van der Waals surface area contributed by atoms with E-state index in [2.05, 4.69) is 5.32 Å². The fourth-order valence-corrected chi connectivity index (χ4v) is 1.47. The second-order valence-corrected chi connectivity index (χ2v) is 3.47. The monoisotopic (exact) mass is 239 g/mol. The number of carbonyl (C=O) groups is 2. The zero-order valence-corrected chi connectivity index (χ0v) is 10.1. The summed E-state index contributed by atoms with van der Waals surface area (Å²) in [6.45, 7) is 4.22. The molecule has 0 aliphatic carbocycles. The van der Waals surface area contributed by atoms with Crippen LogP contribution in [0.15, 0.2) is 23.5 Å². The third-order valence-electron chi connectivity index (χ3n) is 2.14. The Labute approximate surface area is 100 Å². The van der Waals surface area contributed by atoms with Gasteiger partial charge in [-0.25, -0.2) is 9.59 Å². The Bertz CT molecular complexity index is 324. The van der Waals surface area contributed by atoms with Gasteiger partial charge in [0.05, 0.1) is 13.2 Å². The Balaban J connectivity index is 2.52. The van der Waals surface area contributed by atoms with Crippen molar-refractivity contribution in [3.63, 3.8) is 0 Å². The number of nitrogens with one attached hydrogen (secondary N) is 1. The summed E-state index contributed by atoms with van der Waals surface area (Å²) in [6.07, 6.45) is 4.22. The molecule has 94 valence electrons. The van der Waals surface area contributed by atoms with Crippen LogP contribution in [0.4, 0.5) is 0 Å². The van der Waals surface area contributed by atoms with E-state index in [1.165, 1.54) is 12.2 Å². The topological polar surface area (TPSA) is 64.6 Å². The highest BCUT2D eigenvalue weighted by Gasteiger charge is 2.14. The van der Waals surface area contributed by atoms with Gasteiger partial charge in [0.1, 0.15) is 0 Å². The van der Waals surface area contributed by atoms with Gasteiger partial charge in [-0.15, -0.1) is 0 Å². The Kier molecular flexibility index (Phi) is 5.26. The lowest BCUT2D eigenvalue weighted by Gasteiger charge is -2.01. The van der Waals surface area contributed by atoms with Crippen LogP contribution in [0.25, 0.3) is 0 Å². The molecular formula is C12H17NO4. The van der Waals surface area contributed by atoms with Gasteiger partial charge in [-0.2, -0.15) is 0 Å². The summed E-state index contributed by atoms with van der Waals surface area (Å²) in [5.74, 6) is -0.736. The molecule has 1 heterocycles. The number of esters is 2. The zero-order chi connectivity index (χ0) is 12.7. The van der Waals surface area contributed by atoms with Crippen molar-refractivity contribution < 1.29 is 19.1 Å². The van der Waals surface area contributed by atoms with Crippen LogP contribution in [-0.2, 0) is 19.1 Å². The molecule has 0 amide bonds. The van der Waals surface area contributed by atoms with Crippen LogP contribution in [0.5, 0.6) is 0 Å². The molecule has 0 bridgehead atoms. The number of allylic oxidation sites excluding steroid dienone is 2. The molecule has 5 nitrogen and oxygen atoms in total. The van der Waals surface area contributed by atoms with E-state index in [1.54, 1.807) is 13.8 Å². The molecule has 0 radical (unpaired) electrons. The molecule has 0 aromatic rings. The van der Waals surface area contributed by atoms with Crippen molar-refractivity contribution in [3.05, 3.63) is 23.5 Å². The van der Waals surface area contributed by atoms with Gasteiger partial charge in [0.15, 0.2) is 0 Å². The van der Waals surface area contributed by atoms with Crippen LogP contribution in [0.3, 0.4) is 0 Å². The Morgan fingerprint density at radius 3 is 1.82 bits per heavy atom. The number of hydrogen-bond donors (Lipinski definition) is 1. The minimum Gasteiger partial charge on any atom is -0.463 e. The first-order chi connectivity index (χ1) is 8.15. The molecule has 1 aliphatic rings. The molecule has 0 aromatic carbocycles. The average molecular weight is 239 g/mol. The fraction of sp³-hybridized carbons (Fsp3) is 0.500. The lowest BCUT2D eigenvalue weighted by Crippen LogP contribution is -2.09. The van der Waals surface area contributed by atoms with Gasteiger partial charge in [0.2, 0.25) is 0 Å². The predicted octanol–water partition coefficient (Wildman–Crippen LogP) is 1.26. The van der Waals surface area contributed by atoms with Gasteiger partial charge in [0.25, 0.3) is 0 Å². The standard InChI is InChI=1S/C12H17NO4/c1-3-16-11(14)7-9-5-6-10(13-9)8-12(15)17-4-2/h7-8,13H,3-6H2,1-2H3/b9-7-,10-8-. The van der Waals surface area contributed by atoms with E-state index in [1.807, 2.05) is 0 Å². The molecular weight excluding hydrogens is 222 g/mol. The van der Waals surface area contributed by atoms with Crippen molar-refractivity contribution in [2.45, 2.75) is 26.7 Å². The van der Waals surface area contributed by atoms with Crippen LogP contribution >= 0.6 is 0 Å². The van der Waals surface area contributed by atoms with Crippen molar-refractivity contribution in [2.75, 3.05) is 13.2 Å². The highest BCUT2D eigenvalue weighted by molar-refractivity contribution is 5.84. The fourth-order valence-electron chi connectivity index (χ4n) is 1.47. The van der Waals surface area contributed by atoms with Crippen LogP contribution < -0.4 is 5.32 Å². The molecule has 1 fully saturated rings. The maximum absolute atomic E-state index is 11.2. The minimum atomic E-state index is -0.368. The number of ether oxygens (including phenoxy) is 2. The largest absolute Gasteiger partial charge is 0.463 e. The van der Waals surface area contributed by atoms with Crippen LogP contribution in [0, 0.1) is 0 Å². The van der Waals surface area contributed by atoms with Crippen molar-refractivity contribution in [1.82, 2.24) is 5.32 Å². The summed E-state index contributed by atoms with van der Waals surface area (Å²) in [6, 6.07) is 0. The van der Waals surface area contributed by atoms with E-state index in [-0.39, 0.29) is 11.9 Å². The van der Waals surface area contributed by atoms with Gasteiger partial charge in [-0.1, -0.05) is 0 Å². The smallest absolute Gasteiger partial charge is 0.332 e. The van der Waals surface area contributed by atoms with E-state index in [0.29, 0.717) is 26.1 Å². The van der Waals surface area contributed by atoms with Crippen LogP contribution in [-0.4, -0.2) is 25.2 Å². The number of rotatable bonds is 4. The van der Waals surface area contributed by atoms with Crippen LogP contribution in [0.1, 0.15) is 26.7 Å². The number of carbonyl (C=O) groups excluding carboxylic acids is 2. The SMILES string of the molecule is CCOC(=O)/C=C1/CC/C(=C/C(=O)OCC)N1. The Morgan fingerprint density at radius 2 is 1.47 bits per heavy atom. The first-order valence-corrected chi connectivity index (χ1v) is 5.67. The highest BCUT2D eigenvalue weighted by atomic mass is 16.5. The van der Waals surface area contributed by atoms with Gasteiger partial charge in [0, 0.05) is 23.5 Å². The molecule has 1 N–H and O–H groups in total. The van der Waals surface area contributed by atoms with Gasteiger partial charge in [-0.3, -0.25) is 0 Å². The highest BCUT2D eigenvalue weighted by Crippen LogP contribution is 2.18. The first-order valence-electron chi connectivity index (χ1n) is 5.67. The second-order valence-electron chi connectivity index (χ2n) is 3.47. The Hall–Kier alpha value is -1.78. The Morgan fingerprint density at radius 1 is 1.06 bits per heavy atom. The molecule has 0 spiro atoms. The van der Waals surface area contributed by atoms with Crippen molar-refractivity contribution >= 4 is 11.9 Å². The maximum atomic E-state index is 11.2. The molecule has 1 saturated heterocycles. The van der Waals surface area contributed by atoms with Gasteiger partial charge in [-0.05, 0) is 26.7 Å². The van der Waals surface area contributed by atoms with E-state index >= 15 is 0 Å². The lowest BCUT2D eigenvalue weighted by atomic mass is 10.2. The van der Waals surface area contributed by atoms with Crippen molar-refractivity contribution in [1.29, 1.82) is 0 Å². The normalized spacial score (nSPS) is 19.2. The van der Waals surface area contributed by atoms with E-state index in [9.17, 15) is 9.59 Å². The van der Waals surface area contributed by atoms with Gasteiger partial charge < -0.3 is 14.8 Å². The molecule has 0 aromatic heterocycles. The quantitative estimate of drug-likeness (QED) is 0.591. The second kappa shape index (κ2) is 6.73. The molecule has 1 aliphatic heterocycles. The van der Waals surface area contributed by atoms with Gasteiger partial charge >= 0.3 is 11.9 Å². The summed E-state index contributed by atoms with van der Waals surface area (Å²) in [4.78, 5) is 22.4. The summed E-state index contributed by atoms with van der Waals surface area (Å²) < 4.78 is 9.58. The summed E-state index contributed by atoms with van der Waals surface area (Å²) in [5, 5.41) is 2.99. The summed E-state index contributed by atoms with van der Waals surface area (Å²) in [5.41, 5.74) is 1.53.